The lowest BCUT2D eigenvalue weighted by molar-refractivity contribution is -0.384. The lowest BCUT2D eigenvalue weighted by atomic mass is 9.75. The van der Waals surface area contributed by atoms with Gasteiger partial charge < -0.3 is 9.84 Å². The van der Waals surface area contributed by atoms with Crippen molar-refractivity contribution in [2.24, 2.45) is 10.9 Å². The van der Waals surface area contributed by atoms with Crippen molar-refractivity contribution in [3.8, 4) is 0 Å². The van der Waals surface area contributed by atoms with Gasteiger partial charge in [-0.05, 0) is 19.4 Å². The molecule has 0 spiro atoms. The van der Waals surface area contributed by atoms with Crippen LogP contribution in [-0.2, 0) is 14.3 Å². The number of allylic oxidation sites excluding steroid dienone is 1. The van der Waals surface area contributed by atoms with Crippen molar-refractivity contribution in [1.29, 1.82) is 0 Å². The largest absolute Gasteiger partial charge is 0.481 e. The highest BCUT2D eigenvalue weighted by Gasteiger charge is 2.41. The maximum absolute atomic E-state index is 12.2. The molecule has 1 aliphatic heterocycles. The lowest BCUT2D eigenvalue weighted by Crippen LogP contribution is -2.35. The van der Waals surface area contributed by atoms with Gasteiger partial charge in [-0.2, -0.15) is 0 Å². The molecular formula is C16H16N2O6. The molecule has 8 heteroatoms. The molecule has 0 aromatic heterocycles. The van der Waals surface area contributed by atoms with E-state index in [1.54, 1.807) is 13.8 Å². The zero-order chi connectivity index (χ0) is 18.0. The zero-order valence-corrected chi connectivity index (χ0v) is 13.3. The molecule has 2 rings (SSSR count). The van der Waals surface area contributed by atoms with Gasteiger partial charge >= 0.3 is 11.9 Å². The van der Waals surface area contributed by atoms with E-state index in [2.05, 4.69) is 4.99 Å². The van der Waals surface area contributed by atoms with Crippen LogP contribution in [0.1, 0.15) is 25.3 Å². The van der Waals surface area contributed by atoms with E-state index in [-0.39, 0.29) is 11.3 Å². The summed E-state index contributed by atoms with van der Waals surface area (Å²) >= 11 is 0. The van der Waals surface area contributed by atoms with E-state index in [4.69, 9.17) is 4.74 Å². The number of nitro benzene ring substituents is 1. The summed E-state index contributed by atoms with van der Waals surface area (Å²) in [6.07, 6.45) is 0. The molecule has 1 aliphatic rings. The van der Waals surface area contributed by atoms with Gasteiger partial charge in [-0.3, -0.25) is 19.9 Å². The number of benzene rings is 1. The Labute approximate surface area is 137 Å². The molecule has 126 valence electrons. The maximum Gasteiger partial charge on any atom is 0.336 e. The summed E-state index contributed by atoms with van der Waals surface area (Å²) < 4.78 is 4.77. The molecule has 8 nitrogen and oxygen atoms in total. The number of carboxylic acids is 1. The fourth-order valence-electron chi connectivity index (χ4n) is 2.90. The zero-order valence-electron chi connectivity index (χ0n) is 13.3. The average Bonchev–Trinajstić information content (AvgIpc) is 2.53. The Bertz CT molecular complexity index is 763. The van der Waals surface area contributed by atoms with Crippen LogP contribution in [0.25, 0.3) is 0 Å². The number of carbonyl (C=O) groups excluding carboxylic acids is 1. The minimum atomic E-state index is -1.13. The molecule has 1 N–H and O–H groups in total. The average molecular weight is 332 g/mol. The van der Waals surface area contributed by atoms with Gasteiger partial charge in [0.15, 0.2) is 0 Å². The first-order chi connectivity index (χ1) is 11.3. The van der Waals surface area contributed by atoms with Gasteiger partial charge in [0.05, 0.1) is 17.6 Å². The predicted octanol–water partition coefficient (Wildman–Crippen LogP) is 2.30. The molecule has 0 saturated heterocycles. The second-order valence-corrected chi connectivity index (χ2v) is 5.39. The predicted molar refractivity (Wildman–Crippen MR) is 84.8 cm³/mol. The first-order valence-corrected chi connectivity index (χ1v) is 7.09. The van der Waals surface area contributed by atoms with Crippen LogP contribution in [0.2, 0.25) is 0 Å². The summed E-state index contributed by atoms with van der Waals surface area (Å²) in [6, 6.07) is 5.46. The molecule has 0 amide bonds. The van der Waals surface area contributed by atoms with Crippen LogP contribution in [0, 0.1) is 16.0 Å². The van der Waals surface area contributed by atoms with E-state index in [1.165, 1.54) is 31.4 Å². The Morgan fingerprint density at radius 1 is 1.25 bits per heavy atom. The molecule has 0 saturated carbocycles. The number of hydrogen-bond acceptors (Lipinski definition) is 6. The summed E-state index contributed by atoms with van der Waals surface area (Å²) in [5.74, 6) is -3.68. The number of aliphatic imine (C=N–C) groups is 1. The van der Waals surface area contributed by atoms with E-state index in [1.807, 2.05) is 0 Å². The van der Waals surface area contributed by atoms with Crippen molar-refractivity contribution < 1.29 is 24.4 Å². The highest BCUT2D eigenvalue weighted by Crippen LogP contribution is 2.39. The number of non-ortho nitro benzene ring substituents is 1. The maximum atomic E-state index is 12.2. The van der Waals surface area contributed by atoms with Crippen molar-refractivity contribution in [2.75, 3.05) is 7.11 Å². The van der Waals surface area contributed by atoms with Crippen LogP contribution in [0.4, 0.5) is 5.69 Å². The number of hydrogen-bond donors (Lipinski definition) is 1. The van der Waals surface area contributed by atoms with Gasteiger partial charge in [0.2, 0.25) is 0 Å². The topological polar surface area (TPSA) is 119 Å². The molecule has 2 atom stereocenters. The second-order valence-electron chi connectivity index (χ2n) is 5.39. The van der Waals surface area contributed by atoms with E-state index in [0.29, 0.717) is 17.0 Å². The van der Waals surface area contributed by atoms with Crippen LogP contribution < -0.4 is 0 Å². The Morgan fingerprint density at radius 2 is 1.83 bits per heavy atom. The smallest absolute Gasteiger partial charge is 0.336 e. The second kappa shape index (κ2) is 6.61. The van der Waals surface area contributed by atoms with Gasteiger partial charge in [-0.1, -0.05) is 12.1 Å². The minimum absolute atomic E-state index is 0.118. The molecule has 0 radical (unpaired) electrons. The van der Waals surface area contributed by atoms with E-state index in [9.17, 15) is 24.8 Å². The number of esters is 1. The number of ether oxygens (including phenoxy) is 1. The standard InChI is InChI=1S/C16H16N2O6/c1-8-12(15(19)20)14(13(9(2)17-8)16(21)24-3)10-4-6-11(7-5-10)18(22)23/h4-7,12,14H,1-3H3,(H,19,20). The van der Waals surface area contributed by atoms with Gasteiger partial charge in [-0.25, -0.2) is 4.79 Å². The van der Waals surface area contributed by atoms with Gasteiger partial charge in [-0.15, -0.1) is 0 Å². The van der Waals surface area contributed by atoms with Crippen molar-refractivity contribution in [3.05, 3.63) is 51.2 Å². The number of carbonyl (C=O) groups is 2. The Hall–Kier alpha value is -3.03. The molecule has 1 aromatic rings. The molecule has 1 aromatic carbocycles. The molecule has 1 heterocycles. The van der Waals surface area contributed by atoms with Crippen molar-refractivity contribution >= 4 is 23.3 Å². The number of aliphatic carboxylic acids is 1. The molecule has 24 heavy (non-hydrogen) atoms. The Kier molecular flexibility index (Phi) is 4.77. The normalized spacial score (nSPS) is 20.4. The van der Waals surface area contributed by atoms with Crippen molar-refractivity contribution in [2.45, 2.75) is 19.8 Å². The summed E-state index contributed by atoms with van der Waals surface area (Å²) in [5.41, 5.74) is 1.23. The number of carboxylic acid groups (broad SMARTS) is 1. The van der Waals surface area contributed by atoms with Crippen LogP contribution >= 0.6 is 0 Å². The number of nitrogens with zero attached hydrogens (tertiary/aromatic N) is 2. The van der Waals surface area contributed by atoms with Crippen LogP contribution in [0.3, 0.4) is 0 Å². The summed E-state index contributed by atoms with van der Waals surface area (Å²) in [5, 5.41) is 20.4. The summed E-state index contributed by atoms with van der Waals surface area (Å²) in [7, 11) is 1.20. The third-order valence-corrected chi connectivity index (χ3v) is 3.96. The Morgan fingerprint density at radius 3 is 2.29 bits per heavy atom. The lowest BCUT2D eigenvalue weighted by Gasteiger charge is -2.30. The van der Waals surface area contributed by atoms with E-state index in [0.717, 1.165) is 0 Å². The fourth-order valence-corrected chi connectivity index (χ4v) is 2.90. The number of rotatable bonds is 4. The number of nitro groups is 1. The molecule has 0 bridgehead atoms. The third kappa shape index (κ3) is 3.03. The van der Waals surface area contributed by atoms with Gasteiger partial charge in [0, 0.05) is 29.5 Å². The highest BCUT2D eigenvalue weighted by molar-refractivity contribution is 6.06. The SMILES string of the molecule is COC(=O)C1=C(C)N=C(C)C(C(=O)O)C1c1ccc([N+](=O)[O-])cc1. The van der Waals surface area contributed by atoms with Crippen LogP contribution in [0.5, 0.6) is 0 Å². The van der Waals surface area contributed by atoms with Gasteiger partial charge in [0.25, 0.3) is 5.69 Å². The molecule has 0 fully saturated rings. The highest BCUT2D eigenvalue weighted by atomic mass is 16.6. The quantitative estimate of drug-likeness (QED) is 0.513. The van der Waals surface area contributed by atoms with Crippen LogP contribution in [0.15, 0.2) is 40.5 Å². The first-order valence-electron chi connectivity index (χ1n) is 7.09. The summed E-state index contributed by atoms with van der Waals surface area (Å²) in [4.78, 5) is 38.3. The monoisotopic (exact) mass is 332 g/mol. The summed E-state index contributed by atoms with van der Waals surface area (Å²) in [6.45, 7) is 3.18. The van der Waals surface area contributed by atoms with E-state index >= 15 is 0 Å². The van der Waals surface area contributed by atoms with Crippen molar-refractivity contribution in [1.82, 2.24) is 0 Å². The number of methoxy groups -OCH3 is 1. The molecule has 0 aliphatic carbocycles. The molecule has 2 unspecified atom stereocenters. The minimum Gasteiger partial charge on any atom is -0.481 e. The van der Waals surface area contributed by atoms with Gasteiger partial charge in [0.1, 0.15) is 5.92 Å². The Balaban J connectivity index is 2.62. The molecular weight excluding hydrogens is 316 g/mol. The van der Waals surface area contributed by atoms with Crippen molar-refractivity contribution in [3.63, 3.8) is 0 Å². The van der Waals surface area contributed by atoms with Crippen LogP contribution in [-0.4, -0.2) is 34.8 Å². The fraction of sp³-hybridized carbons (Fsp3) is 0.312. The third-order valence-electron chi connectivity index (χ3n) is 3.96. The first kappa shape index (κ1) is 17.3. The van der Waals surface area contributed by atoms with E-state index < -0.39 is 28.7 Å².